The summed E-state index contributed by atoms with van der Waals surface area (Å²) in [5, 5.41) is 7.16. The van der Waals surface area contributed by atoms with Gasteiger partial charge in [0, 0.05) is 33.1 Å². The quantitative estimate of drug-likeness (QED) is 0.670. The minimum Gasteiger partial charge on any atom is -0.339 e. The number of carbonyl (C=O) groups is 2. The highest BCUT2D eigenvalue weighted by molar-refractivity contribution is 5.93. The van der Waals surface area contributed by atoms with Crippen molar-refractivity contribution in [3.05, 3.63) is 11.4 Å². The third-order valence-electron chi connectivity index (χ3n) is 2.87. The number of hydrogen-bond donors (Lipinski definition) is 0. The molecule has 1 aliphatic heterocycles. The normalized spacial score (nSPS) is 16.1. The summed E-state index contributed by atoms with van der Waals surface area (Å²) in [6.07, 6.45) is 0. The van der Waals surface area contributed by atoms with Gasteiger partial charge in [-0.1, -0.05) is 5.16 Å². The Morgan fingerprint density at radius 1 is 1.12 bits per heavy atom. The molecule has 1 fully saturated rings. The van der Waals surface area contributed by atoms with Crippen molar-refractivity contribution in [2.75, 3.05) is 26.2 Å². The van der Waals surface area contributed by atoms with Crippen LogP contribution in [0.25, 0.3) is 0 Å². The van der Waals surface area contributed by atoms with E-state index in [1.165, 1.54) is 6.92 Å². The van der Waals surface area contributed by atoms with E-state index in [-0.39, 0.29) is 17.5 Å². The van der Waals surface area contributed by atoms with Gasteiger partial charge in [0.2, 0.25) is 5.91 Å². The van der Waals surface area contributed by atoms with Crippen LogP contribution in [-0.4, -0.2) is 58.1 Å². The van der Waals surface area contributed by atoms with Crippen LogP contribution in [0.15, 0.2) is 4.63 Å². The Balaban J connectivity index is 2.00. The molecule has 0 bridgehead atoms. The van der Waals surface area contributed by atoms with E-state index in [4.69, 9.17) is 0 Å². The zero-order valence-corrected chi connectivity index (χ0v) is 9.84. The largest absolute Gasteiger partial charge is 0.339 e. The molecule has 1 aliphatic rings. The Kier molecular flexibility index (Phi) is 3.08. The smallest absolute Gasteiger partial charge is 0.278 e. The number of aromatic nitrogens is 2. The third kappa shape index (κ3) is 2.27. The maximum atomic E-state index is 12.0. The van der Waals surface area contributed by atoms with Crippen LogP contribution in [0.3, 0.4) is 0 Å². The Hall–Kier alpha value is -1.92. The van der Waals surface area contributed by atoms with Gasteiger partial charge in [-0.05, 0) is 12.1 Å². The molecule has 0 aromatic carbocycles. The number of nitrogens with zero attached hydrogens (tertiary/aromatic N) is 4. The first-order chi connectivity index (χ1) is 8.09. The second-order valence-electron chi connectivity index (χ2n) is 4.00. The second-order valence-corrected chi connectivity index (χ2v) is 4.00. The fraction of sp³-hybridized carbons (Fsp3) is 0.600. The number of rotatable bonds is 1. The summed E-state index contributed by atoms with van der Waals surface area (Å²) in [5.74, 6) is -0.150. The minimum absolute atomic E-state index is 0.0383. The van der Waals surface area contributed by atoms with Crippen molar-refractivity contribution in [3.8, 4) is 0 Å². The monoisotopic (exact) mass is 238 g/mol. The maximum Gasteiger partial charge on any atom is 0.278 e. The first-order valence-corrected chi connectivity index (χ1v) is 5.43. The fourth-order valence-electron chi connectivity index (χ4n) is 1.80. The summed E-state index contributed by atoms with van der Waals surface area (Å²) in [7, 11) is 0. The lowest BCUT2D eigenvalue weighted by atomic mass is 10.2. The van der Waals surface area contributed by atoms with Crippen LogP contribution < -0.4 is 0 Å². The zero-order valence-electron chi connectivity index (χ0n) is 9.84. The third-order valence-corrected chi connectivity index (χ3v) is 2.87. The van der Waals surface area contributed by atoms with Crippen LogP contribution in [0, 0.1) is 6.92 Å². The van der Waals surface area contributed by atoms with Gasteiger partial charge in [0.1, 0.15) is 5.69 Å². The zero-order chi connectivity index (χ0) is 12.4. The molecule has 92 valence electrons. The molecular weight excluding hydrogens is 224 g/mol. The first-order valence-electron chi connectivity index (χ1n) is 5.43. The van der Waals surface area contributed by atoms with Gasteiger partial charge in [-0.2, -0.15) is 0 Å². The molecule has 2 amide bonds. The molecule has 0 unspecified atom stereocenters. The van der Waals surface area contributed by atoms with E-state index in [0.29, 0.717) is 31.9 Å². The van der Waals surface area contributed by atoms with Crippen molar-refractivity contribution in [2.24, 2.45) is 0 Å². The van der Waals surface area contributed by atoms with Crippen molar-refractivity contribution in [1.29, 1.82) is 0 Å². The van der Waals surface area contributed by atoms with Gasteiger partial charge in [0.15, 0.2) is 5.69 Å². The summed E-state index contributed by atoms with van der Waals surface area (Å²) < 4.78 is 4.50. The number of aryl methyl sites for hydroxylation is 1. The Morgan fingerprint density at radius 3 is 2.18 bits per heavy atom. The van der Waals surface area contributed by atoms with Gasteiger partial charge in [-0.15, -0.1) is 0 Å². The second kappa shape index (κ2) is 4.52. The topological polar surface area (TPSA) is 79.5 Å². The van der Waals surface area contributed by atoms with Gasteiger partial charge in [0.25, 0.3) is 5.91 Å². The van der Waals surface area contributed by atoms with Crippen LogP contribution in [0.1, 0.15) is 23.1 Å². The van der Waals surface area contributed by atoms with E-state index >= 15 is 0 Å². The highest BCUT2D eigenvalue weighted by Gasteiger charge is 2.26. The lowest BCUT2D eigenvalue weighted by Gasteiger charge is -2.33. The molecule has 1 saturated heterocycles. The molecule has 1 aromatic heterocycles. The van der Waals surface area contributed by atoms with Crippen molar-refractivity contribution < 1.29 is 14.2 Å². The van der Waals surface area contributed by atoms with Crippen LogP contribution in [-0.2, 0) is 4.79 Å². The Bertz CT molecular complexity index is 435. The van der Waals surface area contributed by atoms with Crippen molar-refractivity contribution in [2.45, 2.75) is 13.8 Å². The van der Waals surface area contributed by atoms with Crippen LogP contribution in [0.5, 0.6) is 0 Å². The van der Waals surface area contributed by atoms with Crippen molar-refractivity contribution in [3.63, 3.8) is 0 Å². The number of amides is 2. The van der Waals surface area contributed by atoms with Crippen LogP contribution >= 0.6 is 0 Å². The molecule has 7 nitrogen and oxygen atoms in total. The molecule has 2 heterocycles. The molecule has 0 N–H and O–H groups in total. The van der Waals surface area contributed by atoms with E-state index in [9.17, 15) is 9.59 Å². The van der Waals surface area contributed by atoms with Crippen molar-refractivity contribution in [1.82, 2.24) is 20.1 Å². The SMILES string of the molecule is CC(=O)N1CCN(C(=O)c2nonc2C)CC1. The molecule has 0 saturated carbocycles. The molecule has 1 aromatic rings. The van der Waals surface area contributed by atoms with E-state index in [1.54, 1.807) is 16.7 Å². The summed E-state index contributed by atoms with van der Waals surface area (Å²) in [6.45, 7) is 5.37. The van der Waals surface area contributed by atoms with Gasteiger partial charge in [0.05, 0.1) is 0 Å². The molecule has 0 spiro atoms. The van der Waals surface area contributed by atoms with Crippen molar-refractivity contribution >= 4 is 11.8 Å². The highest BCUT2D eigenvalue weighted by atomic mass is 16.6. The van der Waals surface area contributed by atoms with E-state index in [2.05, 4.69) is 14.9 Å². The highest BCUT2D eigenvalue weighted by Crippen LogP contribution is 2.09. The van der Waals surface area contributed by atoms with Gasteiger partial charge < -0.3 is 9.80 Å². The van der Waals surface area contributed by atoms with E-state index in [0.717, 1.165) is 0 Å². The standard InChI is InChI=1S/C10H14N4O3/c1-7-9(12-17-11-7)10(16)14-5-3-13(4-6-14)8(2)15/h3-6H2,1-2H3. The Labute approximate surface area is 98.3 Å². The predicted octanol–water partition coefficient (Wildman–Crippen LogP) is -0.318. The van der Waals surface area contributed by atoms with Gasteiger partial charge in [-0.3, -0.25) is 9.59 Å². The van der Waals surface area contributed by atoms with Crippen LogP contribution in [0.2, 0.25) is 0 Å². The van der Waals surface area contributed by atoms with E-state index in [1.807, 2.05) is 0 Å². The summed E-state index contributed by atoms with van der Waals surface area (Å²) in [5.41, 5.74) is 0.741. The van der Waals surface area contributed by atoms with Gasteiger partial charge >= 0.3 is 0 Å². The first kappa shape index (κ1) is 11.6. The molecule has 2 rings (SSSR count). The molecular formula is C10H14N4O3. The summed E-state index contributed by atoms with van der Waals surface area (Å²) in [4.78, 5) is 26.5. The summed E-state index contributed by atoms with van der Waals surface area (Å²) in [6, 6.07) is 0. The van der Waals surface area contributed by atoms with Crippen LogP contribution in [0.4, 0.5) is 0 Å². The molecule has 0 atom stereocenters. The average Bonchev–Trinajstić information content (AvgIpc) is 2.74. The molecule has 7 heteroatoms. The molecule has 0 radical (unpaired) electrons. The lowest BCUT2D eigenvalue weighted by molar-refractivity contribution is -0.130. The maximum absolute atomic E-state index is 12.0. The lowest BCUT2D eigenvalue weighted by Crippen LogP contribution is -2.50. The number of carbonyl (C=O) groups excluding carboxylic acids is 2. The van der Waals surface area contributed by atoms with E-state index < -0.39 is 0 Å². The predicted molar refractivity (Wildman–Crippen MR) is 57.2 cm³/mol. The molecule has 17 heavy (non-hydrogen) atoms. The number of piperazine rings is 1. The molecule has 0 aliphatic carbocycles. The Morgan fingerprint density at radius 2 is 1.71 bits per heavy atom. The summed E-state index contributed by atoms with van der Waals surface area (Å²) >= 11 is 0. The average molecular weight is 238 g/mol. The van der Waals surface area contributed by atoms with Gasteiger partial charge in [-0.25, -0.2) is 4.63 Å². The fourth-order valence-corrected chi connectivity index (χ4v) is 1.80. The minimum atomic E-state index is -0.188. The number of hydrogen-bond acceptors (Lipinski definition) is 5.